The summed E-state index contributed by atoms with van der Waals surface area (Å²) in [6.07, 6.45) is 0. The van der Waals surface area contributed by atoms with Crippen molar-refractivity contribution in [3.63, 3.8) is 0 Å². The summed E-state index contributed by atoms with van der Waals surface area (Å²) in [5.74, 6) is 1.12. The third-order valence-electron chi connectivity index (χ3n) is 5.83. The number of benzene rings is 5. The average Bonchev–Trinajstić information content (AvgIpc) is 2.89. The van der Waals surface area contributed by atoms with Crippen molar-refractivity contribution in [2.75, 3.05) is 14.2 Å². The molecule has 0 amide bonds. The van der Waals surface area contributed by atoms with Gasteiger partial charge >= 0.3 is 21.2 Å². The zero-order chi connectivity index (χ0) is 26.6. The summed E-state index contributed by atoms with van der Waals surface area (Å²) < 4.78 is 47.7. The topological polar surface area (TPSA) is 75.7 Å². The van der Waals surface area contributed by atoms with E-state index in [4.69, 9.17) is 9.47 Å². The quantitative estimate of drug-likeness (QED) is 0.170. The Hall–Kier alpha value is -3.14. The lowest BCUT2D eigenvalue weighted by molar-refractivity contribution is -0.597. The molecule has 0 saturated heterocycles. The number of aryl methyl sites for hydroxylation is 2. The molecule has 0 aromatic heterocycles. The minimum Gasteiger partial charge on any atom is -0.744 e. The van der Waals surface area contributed by atoms with Crippen molar-refractivity contribution in [2.45, 2.75) is 18.7 Å². The molecular weight excluding hydrogens is 599 g/mol. The minimum atomic E-state index is -4.54. The summed E-state index contributed by atoms with van der Waals surface area (Å²) in [4.78, 5) is -0.296. The van der Waals surface area contributed by atoms with Crippen LogP contribution in [-0.2, 0) is 10.1 Å². The van der Waals surface area contributed by atoms with Crippen LogP contribution in [0, 0.1) is 21.0 Å². The summed E-state index contributed by atoms with van der Waals surface area (Å²) in [5.41, 5.74) is 2.68. The molecule has 0 aliphatic carbocycles. The van der Waals surface area contributed by atoms with Gasteiger partial charge < -0.3 is 14.0 Å². The fourth-order valence-corrected chi connectivity index (χ4v) is 6.65. The van der Waals surface area contributed by atoms with Gasteiger partial charge in [0, 0.05) is 21.5 Å². The summed E-state index contributed by atoms with van der Waals surface area (Å²) in [5, 5.41) is 2.85. The Labute approximate surface area is 228 Å². The molecule has 0 heterocycles. The van der Waals surface area contributed by atoms with Crippen LogP contribution in [0.15, 0.2) is 95.9 Å². The van der Waals surface area contributed by atoms with E-state index < -0.39 is 10.1 Å². The Kier molecular flexibility index (Phi) is 8.36. The number of rotatable bonds is 5. The first-order valence-corrected chi connectivity index (χ1v) is 15.1. The van der Waals surface area contributed by atoms with E-state index in [1.807, 2.05) is 24.3 Å². The lowest BCUT2D eigenvalue weighted by Gasteiger charge is -2.16. The number of hydrogen-bond donors (Lipinski definition) is 0. The van der Waals surface area contributed by atoms with Crippen LogP contribution in [0.25, 0.3) is 21.5 Å². The van der Waals surface area contributed by atoms with Crippen LogP contribution >= 0.6 is 0 Å². The third-order valence-corrected chi connectivity index (χ3v) is 9.35. The molecular formula is C30H27IO5S. The molecule has 0 aliphatic heterocycles. The summed E-state index contributed by atoms with van der Waals surface area (Å²) in [6, 6.07) is 29.5. The molecule has 0 aliphatic rings. The van der Waals surface area contributed by atoms with E-state index in [0.717, 1.165) is 10.8 Å². The number of halogens is 1. The minimum absolute atomic E-state index is 0.00313. The first kappa shape index (κ1) is 26.9. The molecule has 37 heavy (non-hydrogen) atoms. The maximum absolute atomic E-state index is 11.3. The predicted molar refractivity (Wildman–Crippen MR) is 142 cm³/mol. The average molecular weight is 627 g/mol. The Morgan fingerprint density at radius 1 is 0.622 bits per heavy atom. The molecule has 7 heteroatoms. The van der Waals surface area contributed by atoms with Crippen LogP contribution in [0.3, 0.4) is 0 Å². The van der Waals surface area contributed by atoms with Gasteiger partial charge in [0.05, 0.1) is 19.1 Å². The summed E-state index contributed by atoms with van der Waals surface area (Å²) in [6.45, 7) is 4.27. The first-order chi connectivity index (χ1) is 17.7. The van der Waals surface area contributed by atoms with E-state index in [2.05, 4.69) is 62.4 Å². The summed E-state index contributed by atoms with van der Waals surface area (Å²) >= 11 is 0.00313. The fourth-order valence-electron chi connectivity index (χ4n) is 3.99. The number of fused-ring (bicyclic) bond motifs is 2. The highest BCUT2D eigenvalue weighted by Crippen LogP contribution is 2.43. The van der Waals surface area contributed by atoms with Crippen molar-refractivity contribution in [3.8, 4) is 11.5 Å². The normalized spacial score (nSPS) is 11.2. The molecule has 0 atom stereocenters. The van der Waals surface area contributed by atoms with Crippen molar-refractivity contribution >= 4 is 31.7 Å². The Balaban J connectivity index is 0.000000186. The second kappa shape index (κ2) is 11.5. The number of hydrogen-bond acceptors (Lipinski definition) is 5. The van der Waals surface area contributed by atoms with E-state index in [1.54, 1.807) is 13.2 Å². The number of methoxy groups -OCH3 is 2. The largest absolute Gasteiger partial charge is 0.744 e. The Morgan fingerprint density at radius 2 is 1.05 bits per heavy atom. The Bertz CT molecular complexity index is 1600. The van der Waals surface area contributed by atoms with Gasteiger partial charge in [-0.05, 0) is 56.3 Å². The molecule has 5 nitrogen and oxygen atoms in total. The molecule has 0 saturated carbocycles. The van der Waals surface area contributed by atoms with Gasteiger partial charge in [0.25, 0.3) is 0 Å². The van der Waals surface area contributed by atoms with Crippen LogP contribution in [-0.4, -0.2) is 27.2 Å². The van der Waals surface area contributed by atoms with Gasteiger partial charge in [-0.15, -0.1) is 0 Å². The zero-order valence-corrected chi connectivity index (χ0v) is 24.0. The van der Waals surface area contributed by atoms with Gasteiger partial charge in [-0.2, -0.15) is 0 Å². The highest BCUT2D eigenvalue weighted by Gasteiger charge is 2.16. The van der Waals surface area contributed by atoms with Gasteiger partial charge in [0.15, 0.2) is 7.14 Å². The van der Waals surface area contributed by atoms with Crippen molar-refractivity contribution < 1.29 is 43.6 Å². The molecule has 0 N–H and O–H groups in total. The maximum Gasteiger partial charge on any atom is 0.357 e. The van der Waals surface area contributed by atoms with E-state index in [-0.39, 0.29) is 26.1 Å². The molecule has 5 aromatic rings. The van der Waals surface area contributed by atoms with Crippen molar-refractivity contribution in [3.05, 3.63) is 109 Å². The van der Waals surface area contributed by atoms with Crippen LogP contribution < -0.4 is 30.7 Å². The molecule has 5 rings (SSSR count). The molecule has 0 radical (unpaired) electrons. The molecule has 0 bridgehead atoms. The van der Waals surface area contributed by atoms with Crippen molar-refractivity contribution in [1.82, 2.24) is 0 Å². The third kappa shape index (κ3) is 6.23. The van der Waals surface area contributed by atoms with Gasteiger partial charge in [-0.3, -0.25) is 0 Å². The van der Waals surface area contributed by atoms with Crippen LogP contribution in [0.1, 0.15) is 11.1 Å². The van der Waals surface area contributed by atoms with Crippen LogP contribution in [0.4, 0.5) is 0 Å². The lowest BCUT2D eigenvalue weighted by Crippen LogP contribution is -3.61. The molecule has 190 valence electrons. The van der Waals surface area contributed by atoms with Crippen LogP contribution in [0.5, 0.6) is 11.5 Å². The molecule has 0 fully saturated rings. The molecule has 0 spiro atoms. The number of ether oxygens (including phenoxy) is 2. The van der Waals surface area contributed by atoms with Gasteiger partial charge in [-0.1, -0.05) is 59.7 Å². The Morgan fingerprint density at radius 3 is 1.49 bits per heavy atom. The highest BCUT2D eigenvalue weighted by molar-refractivity contribution is 7.85. The maximum atomic E-state index is 11.3. The standard InChI is InChI=1S/C16H14O5S.C14H14I/c1-20-15-11-5-3-4-6-12(11)16(21-2)14-9-10(22(17,18)19)7-8-13(14)15;1-11-3-7-13(8-4-11)15-14-9-5-12(2)6-10-14/h3-9H,1-2H3,(H,17,18,19);3-10H,1-2H3/q;+1/p-1. The lowest BCUT2D eigenvalue weighted by atomic mass is 10.0. The van der Waals surface area contributed by atoms with E-state index in [1.165, 1.54) is 37.5 Å². The first-order valence-electron chi connectivity index (χ1n) is 11.5. The van der Waals surface area contributed by atoms with Crippen molar-refractivity contribution in [2.24, 2.45) is 0 Å². The SMILES string of the molecule is COc1c2ccccc2c(OC)c2cc(S(=O)(=O)[O-])ccc12.Cc1ccc([I+]c2ccc(C)cc2)cc1. The van der Waals surface area contributed by atoms with Gasteiger partial charge in [-0.25, -0.2) is 8.42 Å². The van der Waals surface area contributed by atoms with Crippen LogP contribution in [0.2, 0.25) is 0 Å². The van der Waals surface area contributed by atoms with Gasteiger partial charge in [0.2, 0.25) is 0 Å². The second-order valence-corrected chi connectivity index (χ2v) is 12.9. The second-order valence-electron chi connectivity index (χ2n) is 8.46. The summed E-state index contributed by atoms with van der Waals surface area (Å²) in [7, 11) is -1.48. The van der Waals surface area contributed by atoms with E-state index in [0.29, 0.717) is 22.3 Å². The molecule has 5 aromatic carbocycles. The fraction of sp³-hybridized carbons (Fsp3) is 0.133. The monoisotopic (exact) mass is 626 g/mol. The zero-order valence-electron chi connectivity index (χ0n) is 21.0. The smallest absolute Gasteiger partial charge is 0.357 e. The van der Waals surface area contributed by atoms with E-state index in [9.17, 15) is 13.0 Å². The predicted octanol–water partition coefficient (Wildman–Crippen LogP) is 3.35. The van der Waals surface area contributed by atoms with Gasteiger partial charge in [0.1, 0.15) is 21.6 Å². The van der Waals surface area contributed by atoms with Crippen molar-refractivity contribution in [1.29, 1.82) is 0 Å². The molecule has 0 unspecified atom stereocenters. The highest BCUT2D eigenvalue weighted by atomic mass is 127. The van der Waals surface area contributed by atoms with E-state index >= 15 is 0 Å².